The Morgan fingerprint density at radius 3 is 2.58 bits per heavy atom. The molecule has 5 rings (SSSR count). The van der Waals surface area contributed by atoms with Gasteiger partial charge in [-0.05, 0) is 54.1 Å². The fraction of sp³-hybridized carbons (Fsp3) is 0.320. The van der Waals surface area contributed by atoms with Crippen LogP contribution in [0.5, 0.6) is 0 Å². The Bertz CT molecular complexity index is 1170. The first-order chi connectivity index (χ1) is 16.0. The summed E-state index contributed by atoms with van der Waals surface area (Å²) in [5.74, 6) is 1.54. The number of piperazine rings is 1. The van der Waals surface area contributed by atoms with Crippen LogP contribution in [0.1, 0.15) is 15.9 Å². The molecule has 2 N–H and O–H groups in total. The van der Waals surface area contributed by atoms with Crippen molar-refractivity contribution in [3.05, 3.63) is 59.9 Å². The summed E-state index contributed by atoms with van der Waals surface area (Å²) in [5, 5.41) is 6.34. The van der Waals surface area contributed by atoms with E-state index in [-0.39, 0.29) is 5.91 Å². The molecule has 8 nitrogen and oxygen atoms in total. The molecule has 2 aliphatic rings. The predicted molar refractivity (Wildman–Crippen MR) is 132 cm³/mol. The van der Waals surface area contributed by atoms with E-state index >= 15 is 0 Å². The first kappa shape index (κ1) is 21.2. The van der Waals surface area contributed by atoms with E-state index in [1.165, 1.54) is 0 Å². The van der Waals surface area contributed by atoms with Crippen LogP contribution in [0.15, 0.2) is 48.8 Å². The Labute approximate surface area is 194 Å². The van der Waals surface area contributed by atoms with Crippen LogP contribution in [0.3, 0.4) is 0 Å². The van der Waals surface area contributed by atoms with Crippen LogP contribution in [0, 0.1) is 0 Å². The summed E-state index contributed by atoms with van der Waals surface area (Å²) < 4.78 is 0. The molecule has 0 aliphatic carbocycles. The number of rotatable bonds is 5. The average Bonchev–Trinajstić information content (AvgIpc) is 3.22. The highest BCUT2D eigenvalue weighted by Gasteiger charge is 2.26. The van der Waals surface area contributed by atoms with Crippen molar-refractivity contribution >= 4 is 28.9 Å². The molecular weight excluding hydrogens is 414 g/mol. The van der Waals surface area contributed by atoms with E-state index in [2.05, 4.69) is 49.6 Å². The second-order valence-electron chi connectivity index (χ2n) is 8.81. The van der Waals surface area contributed by atoms with E-state index < -0.39 is 0 Å². The lowest BCUT2D eigenvalue weighted by atomic mass is 9.96. The van der Waals surface area contributed by atoms with E-state index in [1.807, 2.05) is 49.5 Å². The van der Waals surface area contributed by atoms with Crippen LogP contribution < -0.4 is 20.4 Å². The van der Waals surface area contributed by atoms with Crippen molar-refractivity contribution in [3.63, 3.8) is 0 Å². The summed E-state index contributed by atoms with van der Waals surface area (Å²) in [5.41, 5.74) is 5.66. The Morgan fingerprint density at radius 1 is 1.03 bits per heavy atom. The maximum atomic E-state index is 12.7. The zero-order chi connectivity index (χ0) is 22.9. The van der Waals surface area contributed by atoms with E-state index in [0.29, 0.717) is 12.1 Å². The summed E-state index contributed by atoms with van der Waals surface area (Å²) in [6.45, 7) is 4.63. The Morgan fingerprint density at radius 2 is 1.85 bits per heavy atom. The number of anilines is 4. The van der Waals surface area contributed by atoms with Crippen molar-refractivity contribution in [2.24, 2.45) is 0 Å². The normalized spacial score (nSPS) is 15.8. The lowest BCUT2D eigenvalue weighted by Gasteiger charge is -2.33. The van der Waals surface area contributed by atoms with Crippen molar-refractivity contribution in [3.8, 4) is 11.1 Å². The molecule has 0 bridgehead atoms. The fourth-order valence-corrected chi connectivity index (χ4v) is 4.40. The molecular formula is C25H29N7O. The van der Waals surface area contributed by atoms with Gasteiger partial charge in [-0.15, -0.1) is 0 Å². The van der Waals surface area contributed by atoms with Crippen molar-refractivity contribution in [2.45, 2.75) is 6.54 Å². The number of fused-ring (bicyclic) bond motifs is 1. The summed E-state index contributed by atoms with van der Waals surface area (Å²) >= 11 is 0. The third-order valence-electron chi connectivity index (χ3n) is 6.36. The van der Waals surface area contributed by atoms with E-state index in [4.69, 9.17) is 0 Å². The summed E-state index contributed by atoms with van der Waals surface area (Å²) in [7, 11) is 6.09. The quantitative estimate of drug-likeness (QED) is 0.628. The molecule has 4 heterocycles. The van der Waals surface area contributed by atoms with Crippen LogP contribution in [0.25, 0.3) is 11.1 Å². The zero-order valence-corrected chi connectivity index (χ0v) is 19.3. The van der Waals surface area contributed by atoms with E-state index in [9.17, 15) is 4.79 Å². The van der Waals surface area contributed by atoms with E-state index in [0.717, 1.165) is 65.9 Å². The number of carbonyl (C=O) groups excluding carboxylic acids is 1. The molecule has 0 radical (unpaired) electrons. The number of hydrogen-bond donors (Lipinski definition) is 2. The number of hydrogen-bond acceptors (Lipinski definition) is 7. The highest BCUT2D eigenvalue weighted by molar-refractivity contribution is 6.06. The monoisotopic (exact) mass is 443 g/mol. The molecule has 1 amide bonds. The Kier molecular flexibility index (Phi) is 5.60. The van der Waals surface area contributed by atoms with Gasteiger partial charge in [-0.3, -0.25) is 4.79 Å². The second kappa shape index (κ2) is 8.71. The standard InChI is InChI=1S/C25H29N7O/c1-30(2)23-14-17(8-9-26-23)19-5-6-21(24-20(19)16-28-25(24)33)29-22-7-4-18(15-27-22)32-12-10-31(3)11-13-32/h4-9,14-15H,10-13,16H2,1-3H3,(H,27,29)(H,28,33). The lowest BCUT2D eigenvalue weighted by Crippen LogP contribution is -2.44. The Balaban J connectivity index is 1.41. The molecule has 2 aromatic heterocycles. The lowest BCUT2D eigenvalue weighted by molar-refractivity contribution is 0.0966. The number of aromatic nitrogens is 2. The van der Waals surface area contributed by atoms with Gasteiger partial charge in [-0.2, -0.15) is 0 Å². The zero-order valence-electron chi connectivity index (χ0n) is 19.3. The number of nitrogens with zero attached hydrogens (tertiary/aromatic N) is 5. The smallest absolute Gasteiger partial charge is 0.254 e. The first-order valence-electron chi connectivity index (χ1n) is 11.2. The second-order valence-corrected chi connectivity index (χ2v) is 8.81. The fourth-order valence-electron chi connectivity index (χ4n) is 4.40. The molecule has 33 heavy (non-hydrogen) atoms. The van der Waals surface area contributed by atoms with Gasteiger partial charge < -0.3 is 25.3 Å². The maximum Gasteiger partial charge on any atom is 0.254 e. The number of carbonyl (C=O) groups is 1. The molecule has 0 unspecified atom stereocenters. The minimum Gasteiger partial charge on any atom is -0.368 e. The Hall–Kier alpha value is -3.65. The maximum absolute atomic E-state index is 12.7. The molecule has 1 fully saturated rings. The van der Waals surface area contributed by atoms with Crippen molar-refractivity contribution in [1.29, 1.82) is 0 Å². The number of nitrogens with one attached hydrogen (secondary N) is 2. The third-order valence-corrected chi connectivity index (χ3v) is 6.36. The van der Waals surface area contributed by atoms with Gasteiger partial charge in [0.1, 0.15) is 11.6 Å². The van der Waals surface area contributed by atoms with Crippen molar-refractivity contribution in [2.75, 3.05) is 62.4 Å². The van der Waals surface area contributed by atoms with Crippen molar-refractivity contribution in [1.82, 2.24) is 20.2 Å². The van der Waals surface area contributed by atoms with Gasteiger partial charge in [-0.1, -0.05) is 6.07 Å². The van der Waals surface area contributed by atoms with Crippen LogP contribution in [-0.4, -0.2) is 68.1 Å². The molecule has 0 atom stereocenters. The SMILES string of the molecule is CN1CCN(c2ccc(Nc3ccc(-c4ccnc(N(C)C)c4)c4c3C(=O)NC4)nc2)CC1. The average molecular weight is 444 g/mol. The number of pyridine rings is 2. The minimum atomic E-state index is -0.0645. The first-order valence-corrected chi connectivity index (χ1v) is 11.2. The third kappa shape index (κ3) is 4.21. The summed E-state index contributed by atoms with van der Waals surface area (Å²) in [4.78, 5) is 28.4. The number of benzene rings is 1. The molecule has 2 aliphatic heterocycles. The van der Waals surface area contributed by atoms with Gasteiger partial charge in [-0.25, -0.2) is 9.97 Å². The van der Waals surface area contributed by atoms with Gasteiger partial charge >= 0.3 is 0 Å². The van der Waals surface area contributed by atoms with Gasteiger partial charge in [0.2, 0.25) is 0 Å². The molecule has 1 aromatic carbocycles. The molecule has 3 aromatic rings. The summed E-state index contributed by atoms with van der Waals surface area (Å²) in [6.07, 6.45) is 3.71. The molecule has 170 valence electrons. The van der Waals surface area contributed by atoms with Crippen LogP contribution in [-0.2, 0) is 6.54 Å². The predicted octanol–water partition coefficient (Wildman–Crippen LogP) is 2.95. The number of amides is 1. The molecule has 0 saturated carbocycles. The van der Waals surface area contributed by atoms with Crippen LogP contribution >= 0.6 is 0 Å². The van der Waals surface area contributed by atoms with Gasteiger partial charge in [0, 0.05) is 53.0 Å². The largest absolute Gasteiger partial charge is 0.368 e. The molecule has 8 heteroatoms. The van der Waals surface area contributed by atoms with Crippen LogP contribution in [0.2, 0.25) is 0 Å². The van der Waals surface area contributed by atoms with Gasteiger partial charge in [0.25, 0.3) is 5.91 Å². The van der Waals surface area contributed by atoms with Gasteiger partial charge in [0.05, 0.1) is 23.1 Å². The highest BCUT2D eigenvalue weighted by Crippen LogP contribution is 2.35. The molecule has 1 saturated heterocycles. The topological polar surface area (TPSA) is 76.6 Å². The van der Waals surface area contributed by atoms with E-state index in [1.54, 1.807) is 6.20 Å². The van der Waals surface area contributed by atoms with Crippen molar-refractivity contribution < 1.29 is 4.79 Å². The molecule has 0 spiro atoms. The highest BCUT2D eigenvalue weighted by atomic mass is 16.1. The number of likely N-dealkylation sites (N-methyl/N-ethyl adjacent to an activating group) is 1. The van der Waals surface area contributed by atoms with Gasteiger partial charge in [0.15, 0.2) is 0 Å². The summed E-state index contributed by atoms with van der Waals surface area (Å²) in [6, 6.07) is 12.1. The minimum absolute atomic E-state index is 0.0645. The van der Waals surface area contributed by atoms with Crippen LogP contribution in [0.4, 0.5) is 23.0 Å².